The molecule has 0 N–H and O–H groups in total. The Labute approximate surface area is 351 Å². The van der Waals surface area contributed by atoms with Gasteiger partial charge in [-0.15, -0.1) is 47.9 Å². The van der Waals surface area contributed by atoms with Crippen molar-refractivity contribution in [3.05, 3.63) is 153 Å². The van der Waals surface area contributed by atoms with Gasteiger partial charge in [0.1, 0.15) is 0 Å². The van der Waals surface area contributed by atoms with Crippen molar-refractivity contribution in [3.8, 4) is 11.1 Å². The molecule has 2 aliphatic carbocycles. The normalized spacial score (nSPS) is 12.3. The first kappa shape index (κ1) is 50.0. The van der Waals surface area contributed by atoms with Gasteiger partial charge in [-0.2, -0.15) is 102 Å². The van der Waals surface area contributed by atoms with Crippen LogP contribution in [0.15, 0.2) is 85.0 Å². The SMILES string of the molecule is CC(C)(C)c1[c-]c2c(cc1C(C)(C)C)-c1cc(C(C)(C)C)c(C(C)(C)C)cc1C2.Cc1cc[c-]cc1.Cl.Cl.Clc1c[c-]ccc1.[C-]1=CC=CC1.[CH2]=[Zr]. The minimum absolute atomic E-state index is 0. The van der Waals surface area contributed by atoms with E-state index in [1.165, 1.54) is 74.3 Å². The predicted molar refractivity (Wildman–Crippen MR) is 232 cm³/mol. The topological polar surface area (TPSA) is 0 Å². The van der Waals surface area contributed by atoms with E-state index >= 15 is 0 Å². The number of fused-ring (bicyclic) bond motifs is 3. The number of aryl methyl sites for hydroxylation is 1. The first-order chi connectivity index (χ1) is 23.2. The average Bonchev–Trinajstić information content (AvgIpc) is 3.72. The van der Waals surface area contributed by atoms with Gasteiger partial charge in [0.2, 0.25) is 0 Å². The second-order valence-electron chi connectivity index (χ2n) is 17.0. The Morgan fingerprint density at radius 2 is 1.21 bits per heavy atom. The fourth-order valence-electron chi connectivity index (χ4n) is 5.81. The Kier molecular flexibility index (Phi) is 20.9. The van der Waals surface area contributed by atoms with Gasteiger partial charge in [-0.1, -0.05) is 118 Å². The molecule has 0 heterocycles. The molecule has 0 saturated heterocycles. The first-order valence-electron chi connectivity index (χ1n) is 17.6. The first-order valence-corrected chi connectivity index (χ1v) is 19.7. The zero-order valence-electron chi connectivity index (χ0n) is 33.9. The van der Waals surface area contributed by atoms with Gasteiger partial charge in [0, 0.05) is 0 Å². The van der Waals surface area contributed by atoms with Crippen LogP contribution in [0.2, 0.25) is 5.02 Å². The van der Waals surface area contributed by atoms with Gasteiger partial charge in [0.05, 0.1) is 0 Å². The number of halogens is 3. The molecule has 0 fully saturated rings. The van der Waals surface area contributed by atoms with E-state index in [2.05, 4.69) is 143 Å². The minimum atomic E-state index is 0. The zero-order valence-corrected chi connectivity index (χ0v) is 38.7. The zero-order chi connectivity index (χ0) is 37.9. The molecule has 0 aromatic heterocycles. The number of benzene rings is 4. The molecule has 2 aliphatic rings. The van der Waals surface area contributed by atoms with E-state index in [0.717, 1.165) is 17.9 Å². The molecule has 6 rings (SSSR count). The van der Waals surface area contributed by atoms with Crippen LogP contribution in [0.3, 0.4) is 0 Å². The molecule has 0 atom stereocenters. The molecule has 0 amide bonds. The molecule has 0 aliphatic heterocycles. The van der Waals surface area contributed by atoms with Crippen LogP contribution in [0.5, 0.6) is 0 Å². The molecular weight excluding hydrogens is 774 g/mol. The number of hydrogen-bond donors (Lipinski definition) is 0. The Balaban J connectivity index is 0.000000911. The Bertz CT molecular complexity index is 1580. The summed E-state index contributed by atoms with van der Waals surface area (Å²) in [4.78, 5) is 0. The van der Waals surface area contributed by atoms with Gasteiger partial charge >= 0.3 is 28.4 Å². The molecule has 0 bridgehead atoms. The molecule has 4 heteroatoms. The average molecular weight is 836 g/mol. The van der Waals surface area contributed by atoms with Gasteiger partial charge in [-0.05, 0) is 39.4 Å². The van der Waals surface area contributed by atoms with Crippen molar-refractivity contribution in [2.75, 3.05) is 0 Å². The summed E-state index contributed by atoms with van der Waals surface area (Å²) in [7, 11) is 0. The van der Waals surface area contributed by atoms with Crippen molar-refractivity contribution in [1.82, 2.24) is 0 Å². The molecule has 4 aromatic carbocycles. The van der Waals surface area contributed by atoms with E-state index in [1.807, 2.05) is 54.6 Å². The molecule has 0 saturated carbocycles. The maximum atomic E-state index is 5.51. The Morgan fingerprint density at radius 1 is 0.673 bits per heavy atom. The second kappa shape index (κ2) is 21.8. The Morgan fingerprint density at radius 3 is 1.56 bits per heavy atom. The van der Waals surface area contributed by atoms with Crippen molar-refractivity contribution in [2.24, 2.45) is 0 Å². The van der Waals surface area contributed by atoms with E-state index in [0.29, 0.717) is 0 Å². The van der Waals surface area contributed by atoms with Crippen LogP contribution in [-0.2, 0) is 52.3 Å². The third-order valence-electron chi connectivity index (χ3n) is 8.37. The predicted octanol–water partition coefficient (Wildman–Crippen LogP) is 14.3. The van der Waals surface area contributed by atoms with E-state index in [9.17, 15) is 0 Å². The molecule has 4 aromatic rings. The molecule has 0 unspecified atom stereocenters. The van der Waals surface area contributed by atoms with Crippen LogP contribution in [0.4, 0.5) is 0 Å². The molecule has 0 nitrogen and oxygen atoms in total. The fourth-order valence-corrected chi connectivity index (χ4v) is 5.94. The van der Waals surface area contributed by atoms with Gasteiger partial charge < -0.3 is 0 Å². The molecular formula is C48H61Cl3Zr-4. The number of allylic oxidation sites excluding steroid dienone is 4. The summed E-state index contributed by atoms with van der Waals surface area (Å²) in [5, 5.41) is 0.738. The summed E-state index contributed by atoms with van der Waals surface area (Å²) in [6.07, 6.45) is 11.0. The summed E-state index contributed by atoms with van der Waals surface area (Å²) in [6, 6.07) is 32.2. The van der Waals surface area contributed by atoms with Crippen LogP contribution in [0, 0.1) is 31.2 Å². The quantitative estimate of drug-likeness (QED) is 0.136. The summed E-state index contributed by atoms with van der Waals surface area (Å²) < 4.78 is 3.34. The summed E-state index contributed by atoms with van der Waals surface area (Å²) in [5.41, 5.74) is 13.2. The number of hydrogen-bond acceptors (Lipinski definition) is 0. The van der Waals surface area contributed by atoms with Crippen LogP contribution in [-0.4, -0.2) is 4.21 Å². The van der Waals surface area contributed by atoms with Crippen LogP contribution < -0.4 is 0 Å². The monoisotopic (exact) mass is 832 g/mol. The summed E-state index contributed by atoms with van der Waals surface area (Å²) in [6.45, 7) is 30.1. The second-order valence-corrected chi connectivity index (χ2v) is 17.4. The van der Waals surface area contributed by atoms with E-state index in [4.69, 9.17) is 11.6 Å². The van der Waals surface area contributed by atoms with Crippen molar-refractivity contribution in [1.29, 1.82) is 0 Å². The molecule has 52 heavy (non-hydrogen) atoms. The van der Waals surface area contributed by atoms with Crippen LogP contribution >= 0.6 is 36.4 Å². The third kappa shape index (κ3) is 15.4. The fraction of sp³-hybridized carbons (Fsp3) is 0.396. The van der Waals surface area contributed by atoms with Crippen LogP contribution in [0.1, 0.15) is 128 Å². The van der Waals surface area contributed by atoms with Gasteiger partial charge in [0.15, 0.2) is 0 Å². The van der Waals surface area contributed by atoms with Crippen molar-refractivity contribution in [3.63, 3.8) is 0 Å². The molecule has 0 radical (unpaired) electrons. The van der Waals surface area contributed by atoms with Crippen molar-refractivity contribution in [2.45, 2.75) is 125 Å². The maximum absolute atomic E-state index is 5.51. The van der Waals surface area contributed by atoms with Gasteiger partial charge in [-0.25, -0.2) is 12.2 Å². The van der Waals surface area contributed by atoms with Gasteiger partial charge in [-0.3, -0.25) is 6.08 Å². The van der Waals surface area contributed by atoms with E-state index in [1.54, 1.807) is 6.07 Å². The molecule has 0 spiro atoms. The summed E-state index contributed by atoms with van der Waals surface area (Å²) in [5.74, 6) is 0. The van der Waals surface area contributed by atoms with Crippen molar-refractivity contribution < 1.29 is 24.2 Å². The Hall–Kier alpha value is -2.02. The van der Waals surface area contributed by atoms with Crippen molar-refractivity contribution >= 4 is 40.6 Å². The third-order valence-corrected chi connectivity index (χ3v) is 8.61. The molecule has 282 valence electrons. The van der Waals surface area contributed by atoms with E-state index in [-0.39, 0.29) is 46.5 Å². The summed E-state index contributed by atoms with van der Waals surface area (Å²) >= 11 is 6.81. The number of rotatable bonds is 0. The van der Waals surface area contributed by atoms with Crippen LogP contribution in [0.25, 0.3) is 11.1 Å². The van der Waals surface area contributed by atoms with E-state index < -0.39 is 0 Å². The standard InChI is InChI=1S/C29H41.C7H7.C6H4Cl.C5H5.CH2.2ClH.Zr/c1-26(2,3)22-14-18-13-19-15-23(27(4,5)6)25(29(10,11)12)17-21(19)20(18)16-24(22)28(7,8)9;1-7-5-3-2-4-6-7;7-6-4-2-1-3-5-6;1-2-4-5-3-1;;;;/h14,16-17H,13H2,1-12H3;3-6H,1H3;1-2,4-5H;1-3H,4H2;1H2;2*1H;/q4*-1;;;;. The van der Waals surface area contributed by atoms with Gasteiger partial charge in [0.25, 0.3) is 0 Å².